The van der Waals surface area contributed by atoms with Gasteiger partial charge in [-0.25, -0.2) is 4.79 Å². The van der Waals surface area contributed by atoms with Gasteiger partial charge in [0, 0.05) is 37.9 Å². The molecule has 1 aliphatic rings. The number of urea groups is 1. The molecular weight excluding hydrogens is 298 g/mol. The average Bonchev–Trinajstić information content (AvgIpc) is 2.33. The molecule has 1 aliphatic heterocycles. The second-order valence-electron chi connectivity index (χ2n) is 8.11. The summed E-state index contributed by atoms with van der Waals surface area (Å²) in [7, 11) is 0. The fraction of sp³-hybridized carbons (Fsp3) is 0.650. The van der Waals surface area contributed by atoms with E-state index in [2.05, 4.69) is 57.8 Å². The zero-order chi connectivity index (χ0) is 17.9. The highest BCUT2D eigenvalue weighted by atomic mass is 16.2. The third-order valence-electron chi connectivity index (χ3n) is 4.34. The summed E-state index contributed by atoms with van der Waals surface area (Å²) in [4.78, 5) is 16.9. The molecule has 134 valence electrons. The van der Waals surface area contributed by atoms with Crippen LogP contribution in [0.1, 0.15) is 38.8 Å². The first kappa shape index (κ1) is 18.8. The minimum absolute atomic E-state index is 0.0188. The van der Waals surface area contributed by atoms with Gasteiger partial charge in [0.05, 0.1) is 0 Å². The molecule has 1 heterocycles. The molecule has 24 heavy (non-hydrogen) atoms. The van der Waals surface area contributed by atoms with Crippen LogP contribution in [0.15, 0.2) is 18.2 Å². The maximum Gasteiger partial charge on any atom is 0.321 e. The molecule has 1 aromatic rings. The molecule has 2 amide bonds. The van der Waals surface area contributed by atoms with E-state index in [0.717, 1.165) is 31.9 Å². The van der Waals surface area contributed by atoms with Crippen molar-refractivity contribution >= 4 is 11.7 Å². The van der Waals surface area contributed by atoms with Gasteiger partial charge in [-0.2, -0.15) is 0 Å². The highest BCUT2D eigenvalue weighted by Gasteiger charge is 2.35. The van der Waals surface area contributed by atoms with E-state index in [1.807, 2.05) is 17.0 Å². The summed E-state index contributed by atoms with van der Waals surface area (Å²) in [6, 6.07) is 6.67. The number of hydrogen-bond donors (Lipinski definition) is 1. The lowest BCUT2D eigenvalue weighted by Crippen LogP contribution is -2.62. The van der Waals surface area contributed by atoms with Crippen LogP contribution < -0.4 is 5.32 Å². The lowest BCUT2D eigenvalue weighted by atomic mass is 10.0. The quantitative estimate of drug-likeness (QED) is 0.850. The Labute approximate surface area is 147 Å². The molecule has 1 aromatic carbocycles. The Balaban J connectivity index is 1.88. The van der Waals surface area contributed by atoms with Crippen LogP contribution in [-0.4, -0.2) is 48.1 Å². The van der Waals surface area contributed by atoms with Crippen LogP contribution in [0.2, 0.25) is 0 Å². The highest BCUT2D eigenvalue weighted by molar-refractivity contribution is 5.90. The summed E-state index contributed by atoms with van der Waals surface area (Å²) in [5.41, 5.74) is 3.24. The van der Waals surface area contributed by atoms with E-state index in [0.29, 0.717) is 17.9 Å². The fourth-order valence-electron chi connectivity index (χ4n) is 3.41. The van der Waals surface area contributed by atoms with Gasteiger partial charge in [-0.05, 0) is 48.9 Å². The second kappa shape index (κ2) is 8.02. The molecule has 0 aliphatic carbocycles. The number of carbonyl (C=O) groups excluding carboxylic acids is 1. The second-order valence-corrected chi connectivity index (χ2v) is 8.11. The average molecular weight is 332 g/mol. The summed E-state index contributed by atoms with van der Waals surface area (Å²) < 4.78 is 0. The summed E-state index contributed by atoms with van der Waals surface area (Å²) >= 11 is 0. The van der Waals surface area contributed by atoms with Crippen LogP contribution in [0.25, 0.3) is 0 Å². The summed E-state index contributed by atoms with van der Waals surface area (Å²) in [6.45, 7) is 17.0. The number of likely N-dealkylation sites (tertiary alicyclic amines) is 1. The largest absolute Gasteiger partial charge is 0.321 e. The molecule has 0 aromatic heterocycles. The molecule has 0 unspecified atom stereocenters. The van der Waals surface area contributed by atoms with Crippen molar-refractivity contribution in [2.24, 2.45) is 11.8 Å². The summed E-state index contributed by atoms with van der Waals surface area (Å²) in [6.07, 6.45) is 0. The minimum Gasteiger partial charge on any atom is -0.321 e. The van der Waals surface area contributed by atoms with E-state index < -0.39 is 0 Å². The van der Waals surface area contributed by atoms with Gasteiger partial charge in [-0.1, -0.05) is 33.8 Å². The van der Waals surface area contributed by atoms with Gasteiger partial charge in [-0.3, -0.25) is 4.90 Å². The van der Waals surface area contributed by atoms with Gasteiger partial charge in [0.15, 0.2) is 0 Å². The smallest absolute Gasteiger partial charge is 0.321 e. The van der Waals surface area contributed by atoms with E-state index >= 15 is 0 Å². The SMILES string of the molecule is Cc1cc(C)cc(NC(=O)N2CC(N(CC(C)C)CC(C)C)C2)c1. The van der Waals surface area contributed by atoms with Crippen molar-refractivity contribution in [2.45, 2.75) is 47.6 Å². The molecule has 0 spiro atoms. The van der Waals surface area contributed by atoms with E-state index in [9.17, 15) is 4.79 Å². The molecule has 0 saturated carbocycles. The molecule has 2 rings (SSSR count). The van der Waals surface area contributed by atoms with Crippen molar-refractivity contribution in [2.75, 3.05) is 31.5 Å². The van der Waals surface area contributed by atoms with Crippen LogP contribution in [0, 0.1) is 25.7 Å². The monoisotopic (exact) mass is 331 g/mol. The van der Waals surface area contributed by atoms with Gasteiger partial charge < -0.3 is 10.2 Å². The standard InChI is InChI=1S/C20H33N3O/c1-14(2)10-22(11-15(3)4)19-12-23(13-19)20(24)21-18-8-16(5)7-17(6)9-18/h7-9,14-15,19H,10-13H2,1-6H3,(H,21,24). The molecule has 1 N–H and O–H groups in total. The van der Waals surface area contributed by atoms with Crippen molar-refractivity contribution in [3.8, 4) is 0 Å². The lowest BCUT2D eigenvalue weighted by Gasteiger charge is -2.46. The number of nitrogens with zero attached hydrogens (tertiary/aromatic N) is 2. The van der Waals surface area contributed by atoms with Crippen LogP contribution >= 0.6 is 0 Å². The molecule has 1 saturated heterocycles. The number of hydrogen-bond acceptors (Lipinski definition) is 2. The van der Waals surface area contributed by atoms with Crippen LogP contribution in [0.3, 0.4) is 0 Å². The number of benzene rings is 1. The van der Waals surface area contributed by atoms with E-state index in [1.165, 1.54) is 11.1 Å². The Bertz CT molecular complexity index is 532. The number of anilines is 1. The Hall–Kier alpha value is -1.55. The van der Waals surface area contributed by atoms with E-state index in [-0.39, 0.29) is 6.03 Å². The number of amides is 2. The molecule has 0 atom stereocenters. The molecule has 4 nitrogen and oxygen atoms in total. The first-order valence-corrected chi connectivity index (χ1v) is 9.13. The molecule has 0 radical (unpaired) electrons. The van der Waals surface area contributed by atoms with E-state index in [1.54, 1.807) is 0 Å². The van der Waals surface area contributed by atoms with Crippen molar-refractivity contribution in [3.05, 3.63) is 29.3 Å². The Kier molecular flexibility index (Phi) is 6.27. The van der Waals surface area contributed by atoms with Crippen LogP contribution in [0.4, 0.5) is 10.5 Å². The van der Waals surface area contributed by atoms with Gasteiger partial charge >= 0.3 is 6.03 Å². The Morgan fingerprint density at radius 3 is 2.04 bits per heavy atom. The molecular formula is C20H33N3O. The van der Waals surface area contributed by atoms with Gasteiger partial charge in [0.2, 0.25) is 0 Å². The third kappa shape index (κ3) is 5.23. The zero-order valence-electron chi connectivity index (χ0n) is 16.1. The maximum absolute atomic E-state index is 12.4. The lowest BCUT2D eigenvalue weighted by molar-refractivity contribution is 0.0464. The maximum atomic E-state index is 12.4. The predicted octanol–water partition coefficient (Wildman–Crippen LogP) is 4.13. The highest BCUT2D eigenvalue weighted by Crippen LogP contribution is 2.20. The van der Waals surface area contributed by atoms with Crippen molar-refractivity contribution in [3.63, 3.8) is 0 Å². The van der Waals surface area contributed by atoms with Gasteiger partial charge in [-0.15, -0.1) is 0 Å². The molecule has 1 fully saturated rings. The third-order valence-corrected chi connectivity index (χ3v) is 4.34. The zero-order valence-corrected chi connectivity index (χ0v) is 16.1. The topological polar surface area (TPSA) is 35.6 Å². The van der Waals surface area contributed by atoms with Crippen LogP contribution in [-0.2, 0) is 0 Å². The van der Waals surface area contributed by atoms with Gasteiger partial charge in [0.25, 0.3) is 0 Å². The summed E-state index contributed by atoms with van der Waals surface area (Å²) in [5.74, 6) is 1.31. The van der Waals surface area contributed by atoms with Crippen LogP contribution in [0.5, 0.6) is 0 Å². The molecule has 0 bridgehead atoms. The minimum atomic E-state index is 0.0188. The first-order chi connectivity index (χ1) is 11.2. The predicted molar refractivity (Wildman–Crippen MR) is 102 cm³/mol. The number of carbonyl (C=O) groups is 1. The molecule has 4 heteroatoms. The Morgan fingerprint density at radius 2 is 1.58 bits per heavy atom. The number of aryl methyl sites for hydroxylation is 2. The van der Waals surface area contributed by atoms with Crippen molar-refractivity contribution in [1.82, 2.24) is 9.80 Å². The summed E-state index contributed by atoms with van der Waals surface area (Å²) in [5, 5.41) is 3.04. The van der Waals surface area contributed by atoms with Gasteiger partial charge in [0.1, 0.15) is 0 Å². The first-order valence-electron chi connectivity index (χ1n) is 9.13. The van der Waals surface area contributed by atoms with Crippen molar-refractivity contribution in [1.29, 1.82) is 0 Å². The number of nitrogens with one attached hydrogen (secondary N) is 1. The normalized spacial score (nSPS) is 15.3. The Morgan fingerprint density at radius 1 is 1.08 bits per heavy atom. The number of rotatable bonds is 6. The van der Waals surface area contributed by atoms with E-state index in [4.69, 9.17) is 0 Å². The fourth-order valence-corrected chi connectivity index (χ4v) is 3.41. The van der Waals surface area contributed by atoms with Crippen molar-refractivity contribution < 1.29 is 4.79 Å².